The molecule has 0 aromatic heterocycles. The summed E-state index contributed by atoms with van der Waals surface area (Å²) in [4.78, 5) is 13.9. The van der Waals surface area contributed by atoms with Gasteiger partial charge in [0.1, 0.15) is 5.75 Å². The largest absolute Gasteiger partial charge is 0.497 e. The molecular formula is C32H42O3. The standard InChI is InChI=1S/C32H42O3/c1-30(34)15-16-31(2)23(19-30)8-10-25-26-11-12-28(32(26,3)14-13-27(25)31)29(33)22-6-5-21-18-24(35-4)9-7-20(21)17-22/h5-7,9,17-18,23,25-28,34H,8,10-16,19H2,1-4H3/t23-,25+,26+,27+,28-,30-,31+,32+/m1/s1. The normalized spacial score (nSPS) is 42.7. The molecule has 3 nitrogen and oxygen atoms in total. The van der Waals surface area contributed by atoms with Crippen molar-refractivity contribution < 1.29 is 14.6 Å². The average Bonchev–Trinajstić information content (AvgIpc) is 3.20. The maximum Gasteiger partial charge on any atom is 0.166 e. The van der Waals surface area contributed by atoms with E-state index in [2.05, 4.69) is 32.0 Å². The third kappa shape index (κ3) is 3.59. The molecule has 2 aromatic rings. The lowest BCUT2D eigenvalue weighted by molar-refractivity contribution is -0.144. The molecule has 1 N–H and O–H groups in total. The van der Waals surface area contributed by atoms with Gasteiger partial charge in [-0.3, -0.25) is 4.79 Å². The molecule has 0 bridgehead atoms. The van der Waals surface area contributed by atoms with E-state index in [1.165, 1.54) is 38.5 Å². The average molecular weight is 475 g/mol. The molecule has 0 radical (unpaired) electrons. The van der Waals surface area contributed by atoms with Crippen molar-refractivity contribution in [2.45, 2.75) is 84.2 Å². The van der Waals surface area contributed by atoms with Crippen LogP contribution in [0.4, 0.5) is 0 Å². The van der Waals surface area contributed by atoms with Gasteiger partial charge in [0, 0.05) is 11.5 Å². The van der Waals surface area contributed by atoms with Crippen LogP contribution in [-0.4, -0.2) is 23.6 Å². The highest BCUT2D eigenvalue weighted by atomic mass is 16.5. The van der Waals surface area contributed by atoms with Crippen molar-refractivity contribution in [2.24, 2.45) is 40.4 Å². The van der Waals surface area contributed by atoms with Gasteiger partial charge < -0.3 is 9.84 Å². The second kappa shape index (κ2) is 8.07. The van der Waals surface area contributed by atoms with E-state index in [1.807, 2.05) is 25.1 Å². The number of ketones is 1. The van der Waals surface area contributed by atoms with Crippen LogP contribution in [0.25, 0.3) is 10.8 Å². The van der Waals surface area contributed by atoms with E-state index in [4.69, 9.17) is 4.74 Å². The number of ether oxygens (including phenoxy) is 1. The highest BCUT2D eigenvalue weighted by Crippen LogP contribution is 2.68. The van der Waals surface area contributed by atoms with Gasteiger partial charge in [-0.25, -0.2) is 0 Å². The van der Waals surface area contributed by atoms with Crippen LogP contribution < -0.4 is 4.74 Å². The Morgan fingerprint density at radius 2 is 1.60 bits per heavy atom. The highest BCUT2D eigenvalue weighted by molar-refractivity contribution is 6.02. The Hall–Kier alpha value is -1.87. The zero-order chi connectivity index (χ0) is 24.6. The van der Waals surface area contributed by atoms with Crippen molar-refractivity contribution in [3.8, 4) is 5.75 Å². The number of methoxy groups -OCH3 is 1. The van der Waals surface area contributed by atoms with Crippen LogP contribution in [-0.2, 0) is 0 Å². The van der Waals surface area contributed by atoms with E-state index in [0.717, 1.165) is 53.2 Å². The maximum absolute atomic E-state index is 13.9. The predicted octanol–water partition coefficient (Wildman–Crippen LogP) is 7.44. The summed E-state index contributed by atoms with van der Waals surface area (Å²) >= 11 is 0. The van der Waals surface area contributed by atoms with Crippen molar-refractivity contribution >= 4 is 16.6 Å². The van der Waals surface area contributed by atoms with Gasteiger partial charge in [-0.15, -0.1) is 0 Å². The summed E-state index contributed by atoms with van der Waals surface area (Å²) in [6.07, 6.45) is 10.3. The third-order valence-electron chi connectivity index (χ3n) is 11.6. The van der Waals surface area contributed by atoms with Crippen molar-refractivity contribution in [3.63, 3.8) is 0 Å². The van der Waals surface area contributed by atoms with E-state index >= 15 is 0 Å². The Morgan fingerprint density at radius 3 is 2.40 bits per heavy atom. The number of hydrogen-bond donors (Lipinski definition) is 1. The lowest BCUT2D eigenvalue weighted by Gasteiger charge is -2.61. The SMILES string of the molecule is COc1ccc2cc(C(=O)[C@H]3CC[C@H]4[C@@H]5CC[C@@H]6C[C@](C)(O)CC[C@]6(C)[C@H]5CC[C@]34C)ccc2c1. The van der Waals surface area contributed by atoms with Gasteiger partial charge >= 0.3 is 0 Å². The Bertz CT molecular complexity index is 1150. The van der Waals surface area contributed by atoms with Gasteiger partial charge in [-0.2, -0.15) is 0 Å². The summed E-state index contributed by atoms with van der Waals surface area (Å²) in [7, 11) is 1.69. The summed E-state index contributed by atoms with van der Waals surface area (Å²) < 4.78 is 5.37. The lowest BCUT2D eigenvalue weighted by atomic mass is 9.44. The molecule has 4 aliphatic carbocycles. The molecule has 0 aliphatic heterocycles. The molecule has 4 fully saturated rings. The third-order valence-corrected chi connectivity index (χ3v) is 11.6. The van der Waals surface area contributed by atoms with E-state index < -0.39 is 5.60 Å². The smallest absolute Gasteiger partial charge is 0.166 e. The Balaban J connectivity index is 1.25. The van der Waals surface area contributed by atoms with Gasteiger partial charge in [0.25, 0.3) is 0 Å². The zero-order valence-corrected chi connectivity index (χ0v) is 22.0. The number of benzene rings is 2. The number of aliphatic hydroxyl groups is 1. The van der Waals surface area contributed by atoms with Gasteiger partial charge in [0.2, 0.25) is 0 Å². The van der Waals surface area contributed by atoms with E-state index in [0.29, 0.717) is 23.0 Å². The summed E-state index contributed by atoms with van der Waals surface area (Å²) in [6, 6.07) is 12.3. The number of Topliss-reactive ketones (excluding diaryl/α,β-unsaturated/α-hetero) is 1. The van der Waals surface area contributed by atoms with Crippen LogP contribution in [0.1, 0.15) is 88.9 Å². The van der Waals surface area contributed by atoms with E-state index in [-0.39, 0.29) is 11.3 Å². The van der Waals surface area contributed by atoms with Gasteiger partial charge in [0.05, 0.1) is 12.7 Å². The van der Waals surface area contributed by atoms with Crippen LogP contribution in [0, 0.1) is 40.4 Å². The molecule has 4 aliphatic rings. The monoisotopic (exact) mass is 474 g/mol. The fourth-order valence-electron chi connectivity index (χ4n) is 9.57. The summed E-state index contributed by atoms with van der Waals surface area (Å²) in [5.74, 6) is 4.19. The Labute approximate surface area is 210 Å². The molecule has 0 saturated heterocycles. The van der Waals surface area contributed by atoms with Crippen molar-refractivity contribution in [2.75, 3.05) is 7.11 Å². The Kier molecular flexibility index (Phi) is 5.42. The van der Waals surface area contributed by atoms with Crippen LogP contribution in [0.5, 0.6) is 5.75 Å². The number of carbonyl (C=O) groups excluding carboxylic acids is 1. The van der Waals surface area contributed by atoms with Crippen molar-refractivity contribution in [1.29, 1.82) is 0 Å². The predicted molar refractivity (Wildman–Crippen MR) is 141 cm³/mol. The van der Waals surface area contributed by atoms with Gasteiger partial charge in [-0.1, -0.05) is 32.0 Å². The quantitative estimate of drug-likeness (QED) is 0.470. The molecule has 0 spiro atoms. The van der Waals surface area contributed by atoms with Crippen LogP contribution >= 0.6 is 0 Å². The first-order valence-corrected chi connectivity index (χ1v) is 14.0. The topological polar surface area (TPSA) is 46.5 Å². The molecule has 35 heavy (non-hydrogen) atoms. The van der Waals surface area contributed by atoms with Crippen molar-refractivity contribution in [3.05, 3.63) is 42.0 Å². The lowest BCUT2D eigenvalue weighted by Crippen LogP contribution is -2.55. The molecule has 2 aromatic carbocycles. The second-order valence-electron chi connectivity index (χ2n) is 13.3. The molecule has 4 saturated carbocycles. The van der Waals surface area contributed by atoms with Gasteiger partial charge in [-0.05, 0) is 128 Å². The number of carbonyl (C=O) groups is 1. The minimum absolute atomic E-state index is 0.121. The van der Waals surface area contributed by atoms with Crippen LogP contribution in [0.15, 0.2) is 36.4 Å². The van der Waals surface area contributed by atoms with Crippen molar-refractivity contribution in [1.82, 2.24) is 0 Å². The number of fused-ring (bicyclic) bond motifs is 6. The molecule has 188 valence electrons. The van der Waals surface area contributed by atoms with Gasteiger partial charge in [0.15, 0.2) is 5.78 Å². The fraction of sp³-hybridized carbons (Fsp3) is 0.656. The van der Waals surface area contributed by atoms with E-state index in [9.17, 15) is 9.90 Å². The van der Waals surface area contributed by atoms with E-state index in [1.54, 1.807) is 7.11 Å². The first kappa shape index (κ1) is 23.5. The molecule has 0 heterocycles. The summed E-state index contributed by atoms with van der Waals surface area (Å²) in [6.45, 7) is 7.05. The summed E-state index contributed by atoms with van der Waals surface area (Å²) in [5.41, 5.74) is 0.891. The maximum atomic E-state index is 13.9. The minimum atomic E-state index is -0.476. The Morgan fingerprint density at radius 1 is 0.857 bits per heavy atom. The number of rotatable bonds is 3. The molecule has 3 heteroatoms. The summed E-state index contributed by atoms with van der Waals surface area (Å²) in [5, 5.41) is 13.0. The fourth-order valence-corrected chi connectivity index (χ4v) is 9.57. The van der Waals surface area contributed by atoms with Crippen LogP contribution in [0.2, 0.25) is 0 Å². The minimum Gasteiger partial charge on any atom is -0.497 e. The molecule has 0 amide bonds. The first-order chi connectivity index (χ1) is 16.6. The first-order valence-electron chi connectivity index (χ1n) is 14.0. The molecular weight excluding hydrogens is 432 g/mol. The second-order valence-corrected chi connectivity index (χ2v) is 13.3. The molecule has 0 unspecified atom stereocenters. The van der Waals surface area contributed by atoms with Crippen LogP contribution in [0.3, 0.4) is 0 Å². The zero-order valence-electron chi connectivity index (χ0n) is 22.0. The molecule has 8 atom stereocenters. The number of hydrogen-bond acceptors (Lipinski definition) is 3. The molecule has 6 rings (SSSR count). The highest BCUT2D eigenvalue weighted by Gasteiger charge is 2.61.